The smallest absolute Gasteiger partial charge is 1.00 e. The van der Waals surface area contributed by atoms with Crippen molar-refractivity contribution in [3.05, 3.63) is 47.6 Å². The van der Waals surface area contributed by atoms with Crippen LogP contribution in [-0.2, 0) is 21.7 Å². The Morgan fingerprint density at radius 1 is 0.810 bits per heavy atom. The van der Waals surface area contributed by atoms with Crippen molar-refractivity contribution in [1.29, 1.82) is 0 Å². The molecule has 0 heterocycles. The Morgan fingerprint density at radius 2 is 1.19 bits per heavy atom. The zero-order valence-electron chi connectivity index (χ0n) is 13.2. The summed E-state index contributed by atoms with van der Waals surface area (Å²) in [6.45, 7) is 4.44. The summed E-state index contributed by atoms with van der Waals surface area (Å²) >= 11 is 0. The van der Waals surface area contributed by atoms with Gasteiger partial charge in [-0.2, -0.15) is 12.2 Å². The van der Waals surface area contributed by atoms with E-state index in [0.29, 0.717) is 0 Å². The fourth-order valence-corrected chi connectivity index (χ4v) is 1.98. The fourth-order valence-electron chi connectivity index (χ4n) is 1.98. The van der Waals surface area contributed by atoms with Gasteiger partial charge < -0.3 is 9.41 Å². The Labute approximate surface area is 144 Å². The summed E-state index contributed by atoms with van der Waals surface area (Å²) < 4.78 is 0. The molecule has 0 spiro atoms. The second kappa shape index (κ2) is 17.6. The molecule has 0 fully saturated rings. The van der Waals surface area contributed by atoms with E-state index in [1.807, 2.05) is 0 Å². The predicted molar refractivity (Wildman–Crippen MR) is 80.1 cm³/mol. The third kappa shape index (κ3) is 13.0. The first-order chi connectivity index (χ1) is 8.86. The van der Waals surface area contributed by atoms with Gasteiger partial charge in [0.2, 0.25) is 0 Å². The molecular weight excluding hydrogens is 302 g/mol. The molecule has 0 saturated heterocycles. The van der Waals surface area contributed by atoms with Crippen molar-refractivity contribution in [2.75, 3.05) is 0 Å². The number of unbranched alkanes of at least 4 members (excludes halogenated alkanes) is 2. The molecule has 0 radical (unpaired) electrons. The van der Waals surface area contributed by atoms with Crippen molar-refractivity contribution in [3.63, 3.8) is 0 Å². The molecule has 116 valence electrons. The Balaban J connectivity index is -0.000000270. The molecule has 0 aromatic heterocycles. The standard InChI is InChI=1S/2C9H13.2FH.Ti/c2*1-2-3-6-9-7-4-5-8-9;;;/h2*4,7H,2-3,5-6H2,1H3;2*1H;/q2*-1;;;+4/p-2. The summed E-state index contributed by atoms with van der Waals surface area (Å²) in [7, 11) is 0. The van der Waals surface area contributed by atoms with Crippen LogP contribution in [0.1, 0.15) is 65.2 Å². The van der Waals surface area contributed by atoms with Gasteiger partial charge in [0.25, 0.3) is 0 Å². The van der Waals surface area contributed by atoms with Crippen molar-refractivity contribution in [2.45, 2.75) is 65.2 Å². The van der Waals surface area contributed by atoms with Gasteiger partial charge in [-0.3, -0.25) is 12.2 Å². The Morgan fingerprint density at radius 3 is 1.43 bits per heavy atom. The van der Waals surface area contributed by atoms with Crippen LogP contribution >= 0.6 is 0 Å². The quantitative estimate of drug-likeness (QED) is 0.466. The van der Waals surface area contributed by atoms with Gasteiger partial charge in [-0.25, -0.2) is 23.3 Å². The molecule has 0 aromatic rings. The van der Waals surface area contributed by atoms with Crippen LogP contribution in [0.5, 0.6) is 0 Å². The van der Waals surface area contributed by atoms with E-state index in [-0.39, 0.29) is 31.1 Å². The van der Waals surface area contributed by atoms with Crippen LogP contribution in [0.2, 0.25) is 0 Å². The van der Waals surface area contributed by atoms with Gasteiger partial charge in [-0.15, -0.1) is 12.8 Å². The second-order valence-corrected chi connectivity index (χ2v) is 4.82. The van der Waals surface area contributed by atoms with Crippen LogP contribution in [0.15, 0.2) is 35.5 Å². The normalized spacial score (nSPS) is 14.0. The molecule has 0 nitrogen and oxygen atoms in total. The summed E-state index contributed by atoms with van der Waals surface area (Å²) in [5, 5.41) is 0. The van der Waals surface area contributed by atoms with Crippen LogP contribution < -0.4 is 9.41 Å². The van der Waals surface area contributed by atoms with E-state index in [2.05, 4.69) is 50.3 Å². The first-order valence-corrected chi connectivity index (χ1v) is 7.39. The number of halogens is 2. The minimum Gasteiger partial charge on any atom is -1.00 e. The van der Waals surface area contributed by atoms with Gasteiger partial charge in [0.1, 0.15) is 0 Å². The van der Waals surface area contributed by atoms with E-state index in [1.54, 1.807) is 0 Å². The molecule has 0 atom stereocenters. The minimum atomic E-state index is 0. The summed E-state index contributed by atoms with van der Waals surface area (Å²) in [5.74, 6) is 0. The van der Waals surface area contributed by atoms with Gasteiger partial charge in [0.15, 0.2) is 0 Å². The van der Waals surface area contributed by atoms with Crippen LogP contribution in [-0.4, -0.2) is 0 Å². The third-order valence-corrected chi connectivity index (χ3v) is 3.13. The number of allylic oxidation sites excluding steroid dienone is 8. The summed E-state index contributed by atoms with van der Waals surface area (Å²) in [5.41, 5.74) is 2.83. The van der Waals surface area contributed by atoms with Crippen LogP contribution in [0.25, 0.3) is 0 Å². The van der Waals surface area contributed by atoms with E-state index in [1.165, 1.54) is 49.7 Å². The number of rotatable bonds is 6. The van der Waals surface area contributed by atoms with Gasteiger partial charge in [0.05, 0.1) is 0 Å². The molecule has 2 aliphatic rings. The molecular formula is C18H26F2Ti. The second-order valence-electron chi connectivity index (χ2n) is 4.82. The van der Waals surface area contributed by atoms with Gasteiger partial charge in [-0.1, -0.05) is 52.4 Å². The maximum absolute atomic E-state index is 3.30. The zero-order chi connectivity index (χ0) is 13.1. The molecule has 2 rings (SSSR count). The largest absolute Gasteiger partial charge is 4.00 e. The summed E-state index contributed by atoms with van der Waals surface area (Å²) in [4.78, 5) is 0. The molecule has 0 bridgehead atoms. The SMILES string of the molecule is CCCCC1=[C-]CC=C1.CCCCC1=[C-]CC=C1.[F-].[F-].[Ti+4]. The predicted octanol–water partition coefficient (Wildman–Crippen LogP) is -0.262. The Bertz CT molecular complexity index is 307. The molecule has 0 unspecified atom stereocenters. The molecule has 0 aromatic carbocycles. The molecule has 0 N–H and O–H groups in total. The van der Waals surface area contributed by atoms with Crippen molar-refractivity contribution in [1.82, 2.24) is 0 Å². The van der Waals surface area contributed by atoms with Crippen LogP contribution in [0.4, 0.5) is 0 Å². The van der Waals surface area contributed by atoms with Crippen molar-refractivity contribution in [2.24, 2.45) is 0 Å². The molecule has 0 amide bonds. The summed E-state index contributed by atoms with van der Waals surface area (Å²) in [6, 6.07) is 0. The molecule has 0 saturated carbocycles. The number of hydrogen-bond donors (Lipinski definition) is 0. The Kier molecular flexibility index (Phi) is 21.3. The van der Waals surface area contributed by atoms with E-state index in [4.69, 9.17) is 0 Å². The zero-order valence-corrected chi connectivity index (χ0v) is 14.8. The molecule has 3 heteroatoms. The summed E-state index contributed by atoms with van der Waals surface area (Å²) in [6.07, 6.45) is 25.1. The average Bonchev–Trinajstić information content (AvgIpc) is 3.07. The molecule has 21 heavy (non-hydrogen) atoms. The third-order valence-electron chi connectivity index (χ3n) is 3.13. The van der Waals surface area contributed by atoms with E-state index >= 15 is 0 Å². The topological polar surface area (TPSA) is 0 Å². The van der Waals surface area contributed by atoms with E-state index < -0.39 is 0 Å². The van der Waals surface area contributed by atoms with Crippen molar-refractivity contribution >= 4 is 0 Å². The maximum atomic E-state index is 3.30. The first-order valence-electron chi connectivity index (χ1n) is 7.39. The average molecular weight is 328 g/mol. The number of hydrogen-bond acceptors (Lipinski definition) is 0. The van der Waals surface area contributed by atoms with Gasteiger partial charge >= 0.3 is 21.7 Å². The minimum absolute atomic E-state index is 0. The molecule has 2 aliphatic carbocycles. The van der Waals surface area contributed by atoms with Crippen molar-refractivity contribution < 1.29 is 31.1 Å². The van der Waals surface area contributed by atoms with E-state index in [9.17, 15) is 0 Å². The fraction of sp³-hybridized carbons (Fsp3) is 0.556. The van der Waals surface area contributed by atoms with E-state index in [0.717, 1.165) is 12.8 Å². The monoisotopic (exact) mass is 328 g/mol. The van der Waals surface area contributed by atoms with Gasteiger partial charge in [0, 0.05) is 0 Å². The van der Waals surface area contributed by atoms with Crippen molar-refractivity contribution in [3.8, 4) is 0 Å². The Hall–Kier alpha value is -0.466. The van der Waals surface area contributed by atoms with Crippen LogP contribution in [0.3, 0.4) is 0 Å². The van der Waals surface area contributed by atoms with Crippen LogP contribution in [0, 0.1) is 12.2 Å². The first kappa shape index (κ1) is 25.5. The van der Waals surface area contributed by atoms with Gasteiger partial charge in [-0.05, 0) is 0 Å². The molecule has 0 aliphatic heterocycles. The maximum Gasteiger partial charge on any atom is 4.00 e.